The second kappa shape index (κ2) is 3.31. The van der Waals surface area contributed by atoms with Crippen molar-refractivity contribution in [2.24, 2.45) is 5.73 Å². The van der Waals surface area contributed by atoms with Gasteiger partial charge in [-0.3, -0.25) is 4.79 Å². The van der Waals surface area contributed by atoms with Gasteiger partial charge in [0.25, 0.3) is 0 Å². The van der Waals surface area contributed by atoms with E-state index in [0.29, 0.717) is 25.2 Å². The third-order valence-corrected chi connectivity index (χ3v) is 2.36. The number of para-hydroxylation sites is 1. The standard InChI is InChI=1S/C10H12N2O2/c11-4-5-12-9(14)6-7-2-1-3-8(13)10(7)12/h1-3,13H,4-6,11H2. The van der Waals surface area contributed by atoms with Gasteiger partial charge >= 0.3 is 0 Å². The zero-order valence-corrected chi connectivity index (χ0v) is 7.73. The van der Waals surface area contributed by atoms with E-state index in [1.807, 2.05) is 6.07 Å². The van der Waals surface area contributed by atoms with E-state index in [-0.39, 0.29) is 11.7 Å². The molecule has 0 aromatic heterocycles. The Bertz CT molecular complexity index is 376. The number of nitrogens with two attached hydrogens (primary N) is 1. The monoisotopic (exact) mass is 192 g/mol. The second-order valence-electron chi connectivity index (χ2n) is 3.30. The van der Waals surface area contributed by atoms with Crippen molar-refractivity contribution in [2.75, 3.05) is 18.0 Å². The number of anilines is 1. The molecule has 0 unspecified atom stereocenters. The van der Waals surface area contributed by atoms with Crippen LogP contribution >= 0.6 is 0 Å². The minimum Gasteiger partial charge on any atom is -0.506 e. The number of hydrogen-bond donors (Lipinski definition) is 2. The van der Waals surface area contributed by atoms with E-state index in [0.717, 1.165) is 5.56 Å². The summed E-state index contributed by atoms with van der Waals surface area (Å²) < 4.78 is 0. The minimum absolute atomic E-state index is 0.00644. The van der Waals surface area contributed by atoms with E-state index in [1.54, 1.807) is 17.0 Å². The number of rotatable bonds is 2. The lowest BCUT2D eigenvalue weighted by molar-refractivity contribution is -0.117. The number of phenolic OH excluding ortho intramolecular Hbond substituents is 1. The number of carbonyl (C=O) groups excluding carboxylic acids is 1. The average Bonchev–Trinajstić information content (AvgIpc) is 2.45. The summed E-state index contributed by atoms with van der Waals surface area (Å²) in [6, 6.07) is 5.18. The summed E-state index contributed by atoms with van der Waals surface area (Å²) >= 11 is 0. The molecule has 4 nitrogen and oxygen atoms in total. The molecule has 14 heavy (non-hydrogen) atoms. The van der Waals surface area contributed by atoms with Crippen molar-refractivity contribution in [3.63, 3.8) is 0 Å². The molecule has 2 rings (SSSR count). The van der Waals surface area contributed by atoms with Gasteiger partial charge in [-0.05, 0) is 11.6 Å². The van der Waals surface area contributed by atoms with E-state index < -0.39 is 0 Å². The predicted octanol–water partition coefficient (Wildman–Crippen LogP) is 0.240. The van der Waals surface area contributed by atoms with Crippen LogP contribution in [0, 0.1) is 0 Å². The van der Waals surface area contributed by atoms with Crippen LogP contribution in [0.2, 0.25) is 0 Å². The fraction of sp³-hybridized carbons (Fsp3) is 0.300. The lowest BCUT2D eigenvalue weighted by Gasteiger charge is -2.16. The molecular formula is C10H12N2O2. The summed E-state index contributed by atoms with van der Waals surface area (Å²) in [5.41, 5.74) is 6.91. The smallest absolute Gasteiger partial charge is 0.231 e. The molecule has 1 aromatic carbocycles. The van der Waals surface area contributed by atoms with Crippen molar-refractivity contribution >= 4 is 11.6 Å². The Morgan fingerprint density at radius 2 is 2.29 bits per heavy atom. The largest absolute Gasteiger partial charge is 0.506 e. The molecule has 1 aromatic rings. The molecular weight excluding hydrogens is 180 g/mol. The third kappa shape index (κ3) is 1.24. The summed E-state index contributed by atoms with van der Waals surface area (Å²) in [6.45, 7) is 0.864. The van der Waals surface area contributed by atoms with Gasteiger partial charge in [0.05, 0.1) is 12.1 Å². The van der Waals surface area contributed by atoms with Crippen LogP contribution in [0.25, 0.3) is 0 Å². The van der Waals surface area contributed by atoms with Crippen molar-refractivity contribution in [3.8, 4) is 5.75 Å². The Morgan fingerprint density at radius 1 is 1.50 bits per heavy atom. The highest BCUT2D eigenvalue weighted by Crippen LogP contribution is 2.36. The van der Waals surface area contributed by atoms with Gasteiger partial charge in [0.15, 0.2) is 0 Å². The predicted molar refractivity (Wildman–Crippen MR) is 53.2 cm³/mol. The molecule has 4 heteroatoms. The molecule has 74 valence electrons. The molecule has 0 bridgehead atoms. The first-order chi connectivity index (χ1) is 6.74. The molecule has 1 aliphatic rings. The van der Waals surface area contributed by atoms with Crippen LogP contribution in [0.3, 0.4) is 0 Å². The normalized spacial score (nSPS) is 14.6. The lowest BCUT2D eigenvalue weighted by Crippen LogP contribution is -2.32. The molecule has 1 aliphatic heterocycles. The zero-order chi connectivity index (χ0) is 10.1. The maximum atomic E-state index is 11.5. The van der Waals surface area contributed by atoms with Crippen LogP contribution in [-0.2, 0) is 11.2 Å². The van der Waals surface area contributed by atoms with Crippen molar-refractivity contribution in [1.82, 2.24) is 0 Å². The highest BCUT2D eigenvalue weighted by atomic mass is 16.3. The van der Waals surface area contributed by atoms with Crippen LogP contribution < -0.4 is 10.6 Å². The van der Waals surface area contributed by atoms with Gasteiger partial charge in [-0.15, -0.1) is 0 Å². The van der Waals surface area contributed by atoms with E-state index in [1.165, 1.54) is 0 Å². The zero-order valence-electron chi connectivity index (χ0n) is 7.73. The summed E-state index contributed by atoms with van der Waals surface area (Å²) in [5, 5.41) is 9.61. The van der Waals surface area contributed by atoms with Gasteiger partial charge in [0.2, 0.25) is 5.91 Å². The molecule has 0 spiro atoms. The fourth-order valence-electron chi connectivity index (χ4n) is 1.78. The Labute approximate surface area is 81.9 Å². The van der Waals surface area contributed by atoms with Gasteiger partial charge in [0, 0.05) is 13.1 Å². The maximum Gasteiger partial charge on any atom is 0.231 e. The van der Waals surface area contributed by atoms with Gasteiger partial charge in [-0.1, -0.05) is 12.1 Å². The molecule has 0 saturated heterocycles. The Balaban J connectivity index is 2.44. The molecule has 3 N–H and O–H groups in total. The number of phenols is 1. The van der Waals surface area contributed by atoms with Crippen molar-refractivity contribution < 1.29 is 9.90 Å². The highest BCUT2D eigenvalue weighted by Gasteiger charge is 2.28. The van der Waals surface area contributed by atoms with E-state index in [2.05, 4.69) is 0 Å². The quantitative estimate of drug-likeness (QED) is 0.705. The van der Waals surface area contributed by atoms with Gasteiger partial charge in [0.1, 0.15) is 5.75 Å². The Kier molecular flexibility index (Phi) is 2.13. The van der Waals surface area contributed by atoms with Gasteiger partial charge in [-0.2, -0.15) is 0 Å². The topological polar surface area (TPSA) is 66.6 Å². The molecule has 0 radical (unpaired) electrons. The first kappa shape index (κ1) is 9.02. The van der Waals surface area contributed by atoms with Crippen LogP contribution in [0.15, 0.2) is 18.2 Å². The van der Waals surface area contributed by atoms with Crippen LogP contribution in [0.5, 0.6) is 5.75 Å². The van der Waals surface area contributed by atoms with Gasteiger partial charge in [-0.25, -0.2) is 0 Å². The summed E-state index contributed by atoms with van der Waals surface area (Å²) in [5.74, 6) is 0.161. The third-order valence-electron chi connectivity index (χ3n) is 2.36. The summed E-state index contributed by atoms with van der Waals surface area (Å²) in [4.78, 5) is 13.1. The van der Waals surface area contributed by atoms with Gasteiger partial charge < -0.3 is 15.7 Å². The number of benzene rings is 1. The fourth-order valence-corrected chi connectivity index (χ4v) is 1.78. The van der Waals surface area contributed by atoms with E-state index in [9.17, 15) is 9.90 Å². The molecule has 0 atom stereocenters. The SMILES string of the molecule is NCCN1C(=O)Cc2cccc(O)c21. The summed E-state index contributed by atoms with van der Waals surface area (Å²) in [6.07, 6.45) is 0.365. The number of hydrogen-bond acceptors (Lipinski definition) is 3. The van der Waals surface area contributed by atoms with Crippen molar-refractivity contribution in [3.05, 3.63) is 23.8 Å². The highest BCUT2D eigenvalue weighted by molar-refractivity contribution is 6.03. The number of amides is 1. The van der Waals surface area contributed by atoms with E-state index >= 15 is 0 Å². The minimum atomic E-state index is 0.00644. The molecule has 0 aliphatic carbocycles. The number of carbonyl (C=O) groups is 1. The van der Waals surface area contributed by atoms with Crippen LogP contribution in [0.1, 0.15) is 5.56 Å². The van der Waals surface area contributed by atoms with Crippen molar-refractivity contribution in [1.29, 1.82) is 0 Å². The van der Waals surface area contributed by atoms with Crippen LogP contribution in [-0.4, -0.2) is 24.1 Å². The number of aromatic hydroxyl groups is 1. The van der Waals surface area contributed by atoms with E-state index in [4.69, 9.17) is 5.73 Å². The first-order valence-corrected chi connectivity index (χ1v) is 4.55. The Hall–Kier alpha value is -1.55. The second-order valence-corrected chi connectivity index (χ2v) is 3.30. The number of fused-ring (bicyclic) bond motifs is 1. The molecule has 0 saturated carbocycles. The molecule has 1 heterocycles. The lowest BCUT2D eigenvalue weighted by atomic mass is 10.1. The number of nitrogens with zero attached hydrogens (tertiary/aromatic N) is 1. The van der Waals surface area contributed by atoms with Crippen molar-refractivity contribution in [2.45, 2.75) is 6.42 Å². The molecule has 0 fully saturated rings. The molecule has 1 amide bonds. The average molecular weight is 192 g/mol. The van der Waals surface area contributed by atoms with Crippen LogP contribution in [0.4, 0.5) is 5.69 Å². The maximum absolute atomic E-state index is 11.5. The first-order valence-electron chi connectivity index (χ1n) is 4.55. The Morgan fingerprint density at radius 3 is 3.00 bits per heavy atom. The summed E-state index contributed by atoms with van der Waals surface area (Å²) in [7, 11) is 0.